The zero-order valence-corrected chi connectivity index (χ0v) is 17.2. The van der Waals surface area contributed by atoms with Crippen molar-refractivity contribution in [2.45, 2.75) is 26.8 Å². The van der Waals surface area contributed by atoms with Crippen molar-refractivity contribution in [3.63, 3.8) is 0 Å². The molecule has 6 nitrogen and oxygen atoms in total. The van der Waals surface area contributed by atoms with E-state index in [2.05, 4.69) is 5.32 Å². The molecule has 0 saturated carbocycles. The molecule has 152 valence electrons. The summed E-state index contributed by atoms with van der Waals surface area (Å²) in [5, 5.41) is 2.63. The smallest absolute Gasteiger partial charge is 0.243 e. The number of hydrogen-bond acceptors (Lipinski definition) is 4. The minimum absolute atomic E-state index is 0.167. The summed E-state index contributed by atoms with van der Waals surface area (Å²) in [5.41, 5.74) is 1.97. The molecule has 1 amide bonds. The Kier molecular flexibility index (Phi) is 7.01. The number of anilines is 1. The predicted molar refractivity (Wildman–Crippen MR) is 108 cm³/mol. The summed E-state index contributed by atoms with van der Waals surface area (Å²) in [6, 6.07) is 10.1. The molecule has 0 aliphatic carbocycles. The van der Waals surface area contributed by atoms with E-state index in [9.17, 15) is 17.6 Å². The molecule has 28 heavy (non-hydrogen) atoms. The Morgan fingerprint density at radius 1 is 1.18 bits per heavy atom. The lowest BCUT2D eigenvalue weighted by Crippen LogP contribution is -2.48. The highest BCUT2D eigenvalue weighted by Crippen LogP contribution is 2.24. The molecule has 2 aromatic carbocycles. The monoisotopic (exact) mass is 408 g/mol. The maximum Gasteiger partial charge on any atom is 0.243 e. The van der Waals surface area contributed by atoms with Crippen LogP contribution < -0.4 is 14.4 Å². The quantitative estimate of drug-likeness (QED) is 0.682. The first kappa shape index (κ1) is 21.7. The Balaban J connectivity index is 2.00. The molecule has 0 saturated heterocycles. The molecule has 0 heterocycles. The first-order valence-corrected chi connectivity index (χ1v) is 10.7. The fourth-order valence-electron chi connectivity index (χ4n) is 2.92. The van der Waals surface area contributed by atoms with Crippen LogP contribution in [0.15, 0.2) is 42.5 Å². The fourth-order valence-corrected chi connectivity index (χ4v) is 4.09. The summed E-state index contributed by atoms with van der Waals surface area (Å²) in [4.78, 5) is 12.4. The van der Waals surface area contributed by atoms with Gasteiger partial charge in [-0.1, -0.05) is 18.2 Å². The van der Waals surface area contributed by atoms with E-state index in [1.54, 1.807) is 0 Å². The van der Waals surface area contributed by atoms with Crippen LogP contribution in [0.3, 0.4) is 0 Å². The highest BCUT2D eigenvalue weighted by molar-refractivity contribution is 7.92. The van der Waals surface area contributed by atoms with Crippen molar-refractivity contribution in [1.29, 1.82) is 0 Å². The van der Waals surface area contributed by atoms with Gasteiger partial charge in [-0.3, -0.25) is 9.10 Å². The van der Waals surface area contributed by atoms with E-state index in [-0.39, 0.29) is 18.8 Å². The molecule has 0 spiro atoms. The third kappa shape index (κ3) is 5.69. The summed E-state index contributed by atoms with van der Waals surface area (Å²) in [6.07, 6.45) is 0.937. The van der Waals surface area contributed by atoms with Gasteiger partial charge in [-0.05, 0) is 56.2 Å². The van der Waals surface area contributed by atoms with E-state index >= 15 is 0 Å². The number of benzene rings is 2. The van der Waals surface area contributed by atoms with Crippen LogP contribution in [0.5, 0.6) is 5.75 Å². The molecule has 8 heteroatoms. The van der Waals surface area contributed by atoms with E-state index in [0.29, 0.717) is 5.75 Å². The normalized spacial score (nSPS) is 12.3. The number of hydrogen-bond donors (Lipinski definition) is 1. The minimum atomic E-state index is -3.87. The molecule has 0 fully saturated rings. The molecule has 0 bridgehead atoms. The summed E-state index contributed by atoms with van der Waals surface area (Å²) < 4.78 is 44.8. The Hall–Kier alpha value is -2.61. The fraction of sp³-hybridized carbons (Fsp3) is 0.350. The van der Waals surface area contributed by atoms with Gasteiger partial charge < -0.3 is 10.1 Å². The molecule has 0 aliphatic heterocycles. The Labute approximate surface area is 165 Å². The van der Waals surface area contributed by atoms with Crippen LogP contribution in [-0.2, 0) is 14.8 Å². The SMILES string of the molecule is Cc1cc(C)cc(OCCNC(=O)[C@@H](C)N(c2ccccc2F)S(C)(=O)=O)c1. The van der Waals surface area contributed by atoms with Crippen molar-refractivity contribution in [2.75, 3.05) is 23.7 Å². The summed E-state index contributed by atoms with van der Waals surface area (Å²) in [5.74, 6) is -0.563. The van der Waals surface area contributed by atoms with Crippen LogP contribution in [0.25, 0.3) is 0 Å². The predicted octanol–water partition coefficient (Wildman–Crippen LogP) is 2.79. The van der Waals surface area contributed by atoms with Gasteiger partial charge in [0.25, 0.3) is 0 Å². The van der Waals surface area contributed by atoms with Gasteiger partial charge in [-0.25, -0.2) is 12.8 Å². The van der Waals surface area contributed by atoms with Crippen LogP contribution in [0.1, 0.15) is 18.1 Å². The van der Waals surface area contributed by atoms with Crippen molar-refractivity contribution >= 4 is 21.6 Å². The molecular weight excluding hydrogens is 383 g/mol. The van der Waals surface area contributed by atoms with Crippen LogP contribution in [0.2, 0.25) is 0 Å². The lowest BCUT2D eigenvalue weighted by molar-refractivity contribution is -0.121. The molecule has 0 unspecified atom stereocenters. The Morgan fingerprint density at radius 3 is 2.36 bits per heavy atom. The topological polar surface area (TPSA) is 75.7 Å². The number of nitrogens with zero attached hydrogens (tertiary/aromatic N) is 1. The van der Waals surface area contributed by atoms with Crippen molar-refractivity contribution in [3.05, 3.63) is 59.4 Å². The zero-order chi connectivity index (χ0) is 20.9. The number of para-hydroxylation sites is 1. The van der Waals surface area contributed by atoms with Gasteiger partial charge >= 0.3 is 0 Å². The number of sulfonamides is 1. The lowest BCUT2D eigenvalue weighted by atomic mass is 10.1. The van der Waals surface area contributed by atoms with Gasteiger partial charge in [-0.2, -0.15) is 0 Å². The highest BCUT2D eigenvalue weighted by atomic mass is 32.2. The van der Waals surface area contributed by atoms with Crippen molar-refractivity contribution in [3.8, 4) is 5.75 Å². The van der Waals surface area contributed by atoms with Crippen molar-refractivity contribution < 1.29 is 22.3 Å². The standard InChI is InChI=1S/C20H25FN2O4S/c1-14-11-15(2)13-17(12-14)27-10-9-22-20(24)16(3)23(28(4,25)26)19-8-6-5-7-18(19)21/h5-8,11-13,16H,9-10H2,1-4H3,(H,22,24)/t16-/m1/s1. The summed E-state index contributed by atoms with van der Waals surface area (Å²) in [6.45, 7) is 5.75. The summed E-state index contributed by atoms with van der Waals surface area (Å²) in [7, 11) is -3.87. The average molecular weight is 408 g/mol. The van der Waals surface area contributed by atoms with Gasteiger partial charge in [-0.15, -0.1) is 0 Å². The lowest BCUT2D eigenvalue weighted by Gasteiger charge is -2.28. The molecule has 2 aromatic rings. The first-order valence-electron chi connectivity index (χ1n) is 8.82. The van der Waals surface area contributed by atoms with Crippen molar-refractivity contribution in [1.82, 2.24) is 5.32 Å². The largest absolute Gasteiger partial charge is 0.492 e. The molecular formula is C20H25FN2O4S. The third-order valence-corrected chi connectivity index (χ3v) is 5.27. The highest BCUT2D eigenvalue weighted by Gasteiger charge is 2.30. The maximum atomic E-state index is 14.1. The number of aryl methyl sites for hydroxylation is 2. The molecule has 2 rings (SSSR count). The van der Waals surface area contributed by atoms with E-state index in [1.807, 2.05) is 32.0 Å². The Morgan fingerprint density at radius 2 is 1.79 bits per heavy atom. The Bertz CT molecular complexity index is 927. The molecule has 1 atom stereocenters. The number of amides is 1. The number of halogens is 1. The van der Waals surface area contributed by atoms with Gasteiger partial charge in [0, 0.05) is 0 Å². The van der Waals surface area contributed by atoms with E-state index < -0.39 is 27.8 Å². The van der Waals surface area contributed by atoms with Crippen LogP contribution >= 0.6 is 0 Å². The molecule has 0 aliphatic rings. The number of ether oxygens (including phenoxy) is 1. The molecule has 0 aromatic heterocycles. The summed E-state index contributed by atoms with van der Waals surface area (Å²) >= 11 is 0. The molecule has 1 N–H and O–H groups in total. The molecule has 0 radical (unpaired) electrons. The number of carbonyl (C=O) groups is 1. The van der Waals surface area contributed by atoms with Crippen LogP contribution in [0, 0.1) is 19.7 Å². The van der Waals surface area contributed by atoms with E-state index in [4.69, 9.17) is 4.74 Å². The van der Waals surface area contributed by atoms with Gasteiger partial charge in [0.05, 0.1) is 18.5 Å². The van der Waals surface area contributed by atoms with Crippen molar-refractivity contribution in [2.24, 2.45) is 0 Å². The average Bonchev–Trinajstić information content (AvgIpc) is 2.58. The number of nitrogens with one attached hydrogen (secondary N) is 1. The van der Waals surface area contributed by atoms with Gasteiger partial charge in [0.15, 0.2) is 0 Å². The second kappa shape index (κ2) is 9.05. The maximum absolute atomic E-state index is 14.1. The van der Waals surface area contributed by atoms with Crippen LogP contribution in [0.4, 0.5) is 10.1 Å². The van der Waals surface area contributed by atoms with Gasteiger partial charge in [0.1, 0.15) is 24.2 Å². The first-order chi connectivity index (χ1) is 13.1. The van der Waals surface area contributed by atoms with Crippen LogP contribution in [-0.4, -0.2) is 39.8 Å². The van der Waals surface area contributed by atoms with E-state index in [0.717, 1.165) is 27.8 Å². The third-order valence-electron chi connectivity index (χ3n) is 4.04. The second-order valence-electron chi connectivity index (χ2n) is 6.65. The van der Waals surface area contributed by atoms with E-state index in [1.165, 1.54) is 25.1 Å². The number of carbonyl (C=O) groups excluding carboxylic acids is 1. The number of rotatable bonds is 8. The zero-order valence-electron chi connectivity index (χ0n) is 16.4. The minimum Gasteiger partial charge on any atom is -0.492 e. The second-order valence-corrected chi connectivity index (χ2v) is 8.51. The van der Waals surface area contributed by atoms with Gasteiger partial charge in [0.2, 0.25) is 15.9 Å².